The first-order chi connectivity index (χ1) is 18.5. The third-order valence-corrected chi connectivity index (χ3v) is 12.9. The number of hydrogen-bond acceptors (Lipinski definition) is 7. The van der Waals surface area contributed by atoms with Gasteiger partial charge in [0.05, 0.1) is 0 Å². The topological polar surface area (TPSA) is 104 Å². The van der Waals surface area contributed by atoms with E-state index in [4.69, 9.17) is 11.3 Å². The molecule has 0 saturated carbocycles. The van der Waals surface area contributed by atoms with Crippen LogP contribution in [0.25, 0.3) is 43.9 Å². The molecule has 198 valence electrons. The molecule has 0 bridgehead atoms. The Morgan fingerprint density at radius 1 is 0.615 bits per heavy atom. The predicted molar refractivity (Wildman–Crippen MR) is 147 cm³/mol. The van der Waals surface area contributed by atoms with E-state index in [1.165, 1.54) is 36.4 Å². The molecule has 0 aliphatic heterocycles. The van der Waals surface area contributed by atoms with Crippen LogP contribution in [0.2, 0.25) is 0 Å². The molecule has 0 unspecified atom stereocenters. The third kappa shape index (κ3) is 4.37. The van der Waals surface area contributed by atoms with Crippen molar-refractivity contribution in [3.8, 4) is 0 Å². The van der Waals surface area contributed by atoms with Gasteiger partial charge in [0, 0.05) is 0 Å². The number of benzene rings is 4. The standard InChI is InChI=1S/C27H14F3IO7S/c28-27(29,30)39(34,35)38-31(15-9-11-23-19(13-15)25(32)17-5-1-3-7-21(17)36-23)16-10-12-24-20(14-16)26(33)18-6-2-4-8-22(18)37-24/h1-14H. The van der Waals surface area contributed by atoms with E-state index in [9.17, 15) is 31.2 Å². The second-order valence-corrected chi connectivity index (χ2v) is 14.8. The summed E-state index contributed by atoms with van der Waals surface area (Å²) >= 11 is -3.96. The molecule has 12 heteroatoms. The maximum absolute atomic E-state index is 13.4. The Balaban J connectivity index is 1.59. The summed E-state index contributed by atoms with van der Waals surface area (Å²) < 4.78 is 81.0. The first-order valence-electron chi connectivity index (χ1n) is 11.2. The summed E-state index contributed by atoms with van der Waals surface area (Å²) in [6.07, 6.45) is 0. The number of rotatable bonds is 4. The molecule has 0 aliphatic rings. The minimum absolute atomic E-state index is 0.0489. The van der Waals surface area contributed by atoms with Crippen LogP contribution in [0.5, 0.6) is 0 Å². The van der Waals surface area contributed by atoms with Crippen molar-refractivity contribution < 1.29 is 32.9 Å². The van der Waals surface area contributed by atoms with Crippen LogP contribution >= 0.6 is 20.2 Å². The number of halogens is 4. The van der Waals surface area contributed by atoms with Crippen molar-refractivity contribution in [3.05, 3.63) is 113 Å². The average molecular weight is 666 g/mol. The van der Waals surface area contributed by atoms with Gasteiger partial charge in [0.1, 0.15) is 0 Å². The molecule has 0 aliphatic carbocycles. The zero-order chi connectivity index (χ0) is 27.5. The van der Waals surface area contributed by atoms with Gasteiger partial charge < -0.3 is 0 Å². The predicted octanol–water partition coefficient (Wildman–Crippen LogP) is 6.53. The third-order valence-electron chi connectivity index (χ3n) is 5.90. The van der Waals surface area contributed by atoms with Gasteiger partial charge in [-0.2, -0.15) is 0 Å². The molecule has 2 heterocycles. The molecule has 0 spiro atoms. The van der Waals surface area contributed by atoms with Crippen molar-refractivity contribution in [2.24, 2.45) is 0 Å². The van der Waals surface area contributed by atoms with Crippen molar-refractivity contribution >= 4 is 74.2 Å². The van der Waals surface area contributed by atoms with E-state index in [1.807, 2.05) is 0 Å². The molecule has 0 saturated heterocycles. The quantitative estimate of drug-likeness (QED) is 0.120. The molecule has 39 heavy (non-hydrogen) atoms. The van der Waals surface area contributed by atoms with Gasteiger partial charge in [-0.05, 0) is 0 Å². The molecule has 6 rings (SSSR count). The van der Waals surface area contributed by atoms with E-state index in [-0.39, 0.29) is 39.9 Å². The van der Waals surface area contributed by atoms with Crippen molar-refractivity contribution in [3.63, 3.8) is 0 Å². The fourth-order valence-electron chi connectivity index (χ4n) is 4.08. The molecule has 0 fully saturated rings. The van der Waals surface area contributed by atoms with Crippen LogP contribution in [-0.2, 0) is 12.6 Å². The van der Waals surface area contributed by atoms with Gasteiger partial charge in [-0.25, -0.2) is 0 Å². The molecule has 2 aromatic heterocycles. The molecule has 0 radical (unpaired) electrons. The normalized spacial score (nSPS) is 12.9. The van der Waals surface area contributed by atoms with Crippen LogP contribution in [0, 0.1) is 7.14 Å². The van der Waals surface area contributed by atoms with Gasteiger partial charge in [0.2, 0.25) is 0 Å². The van der Waals surface area contributed by atoms with Crippen molar-refractivity contribution in [2.45, 2.75) is 5.51 Å². The second kappa shape index (κ2) is 9.17. The Kier molecular flexibility index (Phi) is 6.00. The Hall–Kier alpha value is -3.75. The first-order valence-corrected chi connectivity index (χ1v) is 15.6. The van der Waals surface area contributed by atoms with E-state index in [1.54, 1.807) is 48.5 Å². The van der Waals surface area contributed by atoms with Gasteiger partial charge in [-0.1, -0.05) is 0 Å². The SMILES string of the molecule is O=c1c2ccccc2oc2ccc(I(OS(=O)(=O)C(F)(F)F)c3ccc4oc5ccccc5c(=O)c4c3)cc12. The van der Waals surface area contributed by atoms with Crippen molar-refractivity contribution in [1.82, 2.24) is 0 Å². The summed E-state index contributed by atoms with van der Waals surface area (Å²) in [5.41, 5.74) is -5.57. The number of alkyl halides is 3. The Morgan fingerprint density at radius 2 is 1.03 bits per heavy atom. The van der Waals surface area contributed by atoms with Crippen LogP contribution in [-0.4, -0.2) is 13.9 Å². The summed E-state index contributed by atoms with van der Waals surface area (Å²) in [5, 5.41) is 0.601. The molecule has 0 amide bonds. The summed E-state index contributed by atoms with van der Waals surface area (Å²) in [6.45, 7) is 0. The zero-order valence-electron chi connectivity index (χ0n) is 19.4. The monoisotopic (exact) mass is 666 g/mol. The number of fused-ring (bicyclic) bond motifs is 4. The molecule has 7 nitrogen and oxygen atoms in total. The Bertz CT molecular complexity index is 2040. The molecule has 0 atom stereocenters. The van der Waals surface area contributed by atoms with Gasteiger partial charge in [0.25, 0.3) is 0 Å². The molecular formula is C27H14F3IO7S. The number of hydrogen-bond donors (Lipinski definition) is 0. The molecule has 0 N–H and O–H groups in total. The van der Waals surface area contributed by atoms with Crippen molar-refractivity contribution in [2.75, 3.05) is 0 Å². The van der Waals surface area contributed by atoms with E-state index in [0.29, 0.717) is 11.2 Å². The molecule has 4 aromatic carbocycles. The zero-order valence-corrected chi connectivity index (χ0v) is 22.3. The van der Waals surface area contributed by atoms with Crippen LogP contribution < -0.4 is 10.9 Å². The van der Waals surface area contributed by atoms with Crippen LogP contribution in [0.1, 0.15) is 0 Å². The van der Waals surface area contributed by atoms with Gasteiger partial charge >= 0.3 is 225 Å². The van der Waals surface area contributed by atoms with Gasteiger partial charge in [-0.15, -0.1) is 0 Å². The van der Waals surface area contributed by atoms with Crippen LogP contribution in [0.15, 0.2) is 103 Å². The van der Waals surface area contributed by atoms with E-state index in [2.05, 4.69) is 0 Å². The number of para-hydroxylation sites is 2. The van der Waals surface area contributed by atoms with Crippen LogP contribution in [0.4, 0.5) is 13.2 Å². The average Bonchev–Trinajstić information content (AvgIpc) is 2.91. The fourth-order valence-corrected chi connectivity index (χ4v) is 10.7. The second-order valence-electron chi connectivity index (χ2n) is 8.35. The summed E-state index contributed by atoms with van der Waals surface area (Å²) in [6, 6.07) is 21.0. The van der Waals surface area contributed by atoms with Gasteiger partial charge in [-0.3, -0.25) is 0 Å². The summed E-state index contributed by atoms with van der Waals surface area (Å²) in [5.74, 6) is 0. The van der Waals surface area contributed by atoms with Crippen molar-refractivity contribution in [1.29, 1.82) is 0 Å². The summed E-state index contributed by atoms with van der Waals surface area (Å²) in [7, 11) is -6.02. The maximum atomic E-state index is 13.4. The van der Waals surface area contributed by atoms with E-state index < -0.39 is 46.7 Å². The van der Waals surface area contributed by atoms with Crippen LogP contribution in [0.3, 0.4) is 0 Å². The Labute approximate surface area is 224 Å². The fraction of sp³-hybridized carbons (Fsp3) is 0.0370. The summed E-state index contributed by atoms with van der Waals surface area (Å²) in [4.78, 5) is 26.3. The minimum atomic E-state index is -6.02. The molecule has 6 aromatic rings. The van der Waals surface area contributed by atoms with Gasteiger partial charge in [0.15, 0.2) is 0 Å². The Morgan fingerprint density at radius 3 is 1.46 bits per heavy atom. The molecular weight excluding hydrogens is 652 g/mol. The first kappa shape index (κ1) is 25.5. The van der Waals surface area contributed by atoms with E-state index in [0.717, 1.165) is 0 Å². The van der Waals surface area contributed by atoms with E-state index >= 15 is 0 Å².